The average molecular weight is 285 g/mol. The van der Waals surface area contributed by atoms with Crippen molar-refractivity contribution in [1.29, 1.82) is 0 Å². The molecule has 2 aromatic rings. The van der Waals surface area contributed by atoms with E-state index in [-0.39, 0.29) is 5.91 Å². The van der Waals surface area contributed by atoms with Crippen molar-refractivity contribution in [3.05, 3.63) is 36.1 Å². The number of carbonyl (C=O) groups is 1. The van der Waals surface area contributed by atoms with Gasteiger partial charge < -0.3 is 14.1 Å². The molecule has 1 aromatic heterocycles. The van der Waals surface area contributed by atoms with Gasteiger partial charge >= 0.3 is 0 Å². The first kappa shape index (κ1) is 12.9. The topological polar surface area (TPSA) is 42.7 Å². The molecule has 21 heavy (non-hydrogen) atoms. The van der Waals surface area contributed by atoms with Gasteiger partial charge in [0, 0.05) is 24.4 Å². The number of para-hydroxylation sites is 1. The second-order valence-corrected chi connectivity index (χ2v) is 6.17. The Morgan fingerprint density at radius 1 is 1.33 bits per heavy atom. The minimum atomic E-state index is 0.00389. The van der Waals surface area contributed by atoms with Crippen LogP contribution in [0.25, 0.3) is 11.0 Å². The predicted octanol–water partition coefficient (Wildman–Crippen LogP) is 3.07. The molecule has 0 unspecified atom stereocenters. The number of hydrogen-bond acceptors (Lipinski definition) is 3. The molecule has 2 saturated heterocycles. The normalized spacial score (nSPS) is 28.8. The summed E-state index contributed by atoms with van der Waals surface area (Å²) in [7, 11) is 0. The number of hydrogen-bond donors (Lipinski definition) is 0. The molecule has 0 aliphatic carbocycles. The molecule has 2 fully saturated rings. The van der Waals surface area contributed by atoms with Gasteiger partial charge in [-0.05, 0) is 31.9 Å². The minimum absolute atomic E-state index is 0.00389. The molecule has 1 aromatic carbocycles. The number of fused-ring (bicyclic) bond motifs is 2. The van der Waals surface area contributed by atoms with Gasteiger partial charge in [-0.25, -0.2) is 0 Å². The summed E-state index contributed by atoms with van der Waals surface area (Å²) < 4.78 is 11.6. The van der Waals surface area contributed by atoms with Gasteiger partial charge in [0.25, 0.3) is 5.91 Å². The first-order chi connectivity index (χ1) is 10.2. The van der Waals surface area contributed by atoms with Crippen LogP contribution in [0.2, 0.25) is 0 Å². The Hall–Kier alpha value is -1.81. The summed E-state index contributed by atoms with van der Waals surface area (Å²) in [4.78, 5) is 14.5. The summed E-state index contributed by atoms with van der Waals surface area (Å²) in [6, 6.07) is 9.58. The highest BCUT2D eigenvalue weighted by Crippen LogP contribution is 2.33. The van der Waals surface area contributed by atoms with E-state index in [4.69, 9.17) is 9.15 Å². The lowest BCUT2D eigenvalue weighted by Crippen LogP contribution is -2.44. The van der Waals surface area contributed by atoms with Crippen LogP contribution in [0.4, 0.5) is 0 Å². The third kappa shape index (κ3) is 2.23. The third-order valence-electron chi connectivity index (χ3n) is 4.63. The van der Waals surface area contributed by atoms with E-state index >= 15 is 0 Å². The van der Waals surface area contributed by atoms with Crippen molar-refractivity contribution in [1.82, 2.24) is 4.90 Å². The Kier molecular flexibility index (Phi) is 3.00. The molecule has 0 radical (unpaired) electrons. The number of likely N-dealkylation sites (tertiary alicyclic amines) is 1. The average Bonchev–Trinajstić information content (AvgIpc) is 3.07. The zero-order valence-corrected chi connectivity index (χ0v) is 12.1. The molecular formula is C17H19NO3. The summed E-state index contributed by atoms with van der Waals surface area (Å²) in [5.41, 5.74) is 0.772. The van der Waals surface area contributed by atoms with Crippen molar-refractivity contribution in [2.45, 2.75) is 32.0 Å². The van der Waals surface area contributed by atoms with E-state index in [1.165, 1.54) is 0 Å². The lowest BCUT2D eigenvalue weighted by Gasteiger charge is -2.33. The van der Waals surface area contributed by atoms with E-state index in [0.717, 1.165) is 36.9 Å². The maximum Gasteiger partial charge on any atom is 0.289 e. The SMILES string of the molecule is C[C@H]1C[C@H]2CN(C(=O)c3cc4ccccc4o3)CC[C@H]2O1. The van der Waals surface area contributed by atoms with Gasteiger partial charge in [0.2, 0.25) is 0 Å². The van der Waals surface area contributed by atoms with E-state index in [1.54, 1.807) is 0 Å². The van der Waals surface area contributed by atoms with Gasteiger partial charge in [-0.1, -0.05) is 18.2 Å². The number of amides is 1. The highest BCUT2D eigenvalue weighted by atomic mass is 16.5. The van der Waals surface area contributed by atoms with Gasteiger partial charge in [0.1, 0.15) is 5.58 Å². The molecule has 2 aliphatic heterocycles. The van der Waals surface area contributed by atoms with E-state index in [1.807, 2.05) is 35.2 Å². The highest BCUT2D eigenvalue weighted by Gasteiger charge is 2.39. The summed E-state index contributed by atoms with van der Waals surface area (Å²) >= 11 is 0. The van der Waals surface area contributed by atoms with Gasteiger partial charge in [0.15, 0.2) is 5.76 Å². The smallest absolute Gasteiger partial charge is 0.289 e. The minimum Gasteiger partial charge on any atom is -0.451 e. The number of carbonyl (C=O) groups excluding carboxylic acids is 1. The maximum atomic E-state index is 12.6. The van der Waals surface area contributed by atoms with Crippen molar-refractivity contribution in [2.24, 2.45) is 5.92 Å². The van der Waals surface area contributed by atoms with E-state index in [0.29, 0.717) is 23.9 Å². The van der Waals surface area contributed by atoms with Crippen molar-refractivity contribution in [2.75, 3.05) is 13.1 Å². The molecule has 0 spiro atoms. The van der Waals surface area contributed by atoms with Crippen LogP contribution < -0.4 is 0 Å². The van der Waals surface area contributed by atoms with Crippen LogP contribution in [-0.2, 0) is 4.74 Å². The zero-order valence-electron chi connectivity index (χ0n) is 12.1. The van der Waals surface area contributed by atoms with Crippen LogP contribution in [0, 0.1) is 5.92 Å². The van der Waals surface area contributed by atoms with Crippen molar-refractivity contribution >= 4 is 16.9 Å². The molecule has 4 nitrogen and oxygen atoms in total. The van der Waals surface area contributed by atoms with E-state index < -0.39 is 0 Å². The fourth-order valence-electron chi connectivity index (χ4n) is 3.62. The lowest BCUT2D eigenvalue weighted by atomic mass is 9.93. The lowest BCUT2D eigenvalue weighted by molar-refractivity contribution is 0.00790. The van der Waals surface area contributed by atoms with Gasteiger partial charge in [-0.3, -0.25) is 4.79 Å². The van der Waals surface area contributed by atoms with Crippen LogP contribution in [0.15, 0.2) is 34.7 Å². The summed E-state index contributed by atoms with van der Waals surface area (Å²) in [5, 5.41) is 0.980. The molecule has 3 heterocycles. The number of ether oxygens (including phenoxy) is 1. The van der Waals surface area contributed by atoms with Crippen molar-refractivity contribution in [3.8, 4) is 0 Å². The maximum absolute atomic E-state index is 12.6. The van der Waals surface area contributed by atoms with Gasteiger partial charge in [0.05, 0.1) is 12.2 Å². The zero-order chi connectivity index (χ0) is 14.4. The van der Waals surface area contributed by atoms with Gasteiger partial charge in [-0.2, -0.15) is 0 Å². The monoisotopic (exact) mass is 285 g/mol. The Morgan fingerprint density at radius 2 is 2.19 bits per heavy atom. The van der Waals surface area contributed by atoms with Crippen LogP contribution in [-0.4, -0.2) is 36.1 Å². The molecule has 2 aliphatic rings. The molecule has 1 amide bonds. The van der Waals surface area contributed by atoms with Crippen molar-refractivity contribution in [3.63, 3.8) is 0 Å². The standard InChI is InChI=1S/C17H19NO3/c1-11-8-13-10-18(7-6-15(13)20-11)17(19)16-9-12-4-2-3-5-14(12)21-16/h2-5,9,11,13,15H,6-8,10H2,1H3/t11-,13-,15+/m0/s1. The first-order valence-electron chi connectivity index (χ1n) is 7.64. The Bertz CT molecular complexity index is 644. The van der Waals surface area contributed by atoms with Gasteiger partial charge in [-0.15, -0.1) is 0 Å². The second kappa shape index (κ2) is 4.88. The van der Waals surface area contributed by atoms with Crippen LogP contribution in [0.5, 0.6) is 0 Å². The summed E-state index contributed by atoms with van der Waals surface area (Å²) in [6.45, 7) is 3.65. The molecule has 0 N–H and O–H groups in total. The number of rotatable bonds is 1. The molecule has 4 heteroatoms. The molecular weight excluding hydrogens is 266 g/mol. The number of benzene rings is 1. The largest absolute Gasteiger partial charge is 0.451 e. The second-order valence-electron chi connectivity index (χ2n) is 6.17. The quantitative estimate of drug-likeness (QED) is 0.808. The number of piperidine rings is 1. The van der Waals surface area contributed by atoms with E-state index in [9.17, 15) is 4.79 Å². The fraction of sp³-hybridized carbons (Fsp3) is 0.471. The van der Waals surface area contributed by atoms with Crippen LogP contribution in [0.1, 0.15) is 30.3 Å². The molecule has 110 valence electrons. The molecule has 0 bridgehead atoms. The third-order valence-corrected chi connectivity index (χ3v) is 4.63. The number of furan rings is 1. The Balaban J connectivity index is 1.54. The number of nitrogens with zero attached hydrogens (tertiary/aromatic N) is 1. The van der Waals surface area contributed by atoms with E-state index in [2.05, 4.69) is 6.92 Å². The molecule has 3 atom stereocenters. The highest BCUT2D eigenvalue weighted by molar-refractivity contribution is 5.96. The summed E-state index contributed by atoms with van der Waals surface area (Å²) in [6.07, 6.45) is 2.64. The Labute approximate surface area is 123 Å². The van der Waals surface area contributed by atoms with Crippen LogP contribution in [0.3, 0.4) is 0 Å². The van der Waals surface area contributed by atoms with Crippen molar-refractivity contribution < 1.29 is 13.9 Å². The first-order valence-corrected chi connectivity index (χ1v) is 7.64. The summed E-state index contributed by atoms with van der Waals surface area (Å²) in [5.74, 6) is 0.924. The molecule has 4 rings (SSSR count). The predicted molar refractivity (Wildman–Crippen MR) is 79.2 cm³/mol. The molecule has 0 saturated carbocycles. The Morgan fingerprint density at radius 3 is 3.05 bits per heavy atom. The fourth-order valence-corrected chi connectivity index (χ4v) is 3.62. The van der Waals surface area contributed by atoms with Crippen LogP contribution >= 0.6 is 0 Å².